The van der Waals surface area contributed by atoms with Crippen LogP contribution in [0.15, 0.2) is 18.6 Å². The number of thiophene rings is 1. The lowest BCUT2D eigenvalue weighted by atomic mass is 10.1. The van der Waals surface area contributed by atoms with E-state index in [1.807, 2.05) is 6.07 Å². The van der Waals surface area contributed by atoms with Crippen molar-refractivity contribution in [3.05, 3.63) is 38.9 Å². The van der Waals surface area contributed by atoms with Gasteiger partial charge >= 0.3 is 0 Å². The van der Waals surface area contributed by atoms with E-state index in [-0.39, 0.29) is 35.5 Å². The maximum atomic E-state index is 14.1. The molecule has 4 atom stereocenters. The van der Waals surface area contributed by atoms with Gasteiger partial charge in [-0.05, 0) is 66.5 Å². The summed E-state index contributed by atoms with van der Waals surface area (Å²) in [4.78, 5) is 23.3. The fourth-order valence-corrected chi connectivity index (χ4v) is 14.9. The summed E-state index contributed by atoms with van der Waals surface area (Å²) < 4.78 is 14.4. The monoisotopic (exact) mass is 717 g/mol. The number of aliphatic hydroxyl groups excluding tert-OH is 1. The minimum atomic E-state index is -2.18. The van der Waals surface area contributed by atoms with Gasteiger partial charge in [-0.2, -0.15) is 0 Å². The van der Waals surface area contributed by atoms with Crippen molar-refractivity contribution in [1.82, 2.24) is 9.97 Å². The first-order chi connectivity index (χ1) is 21.9. The van der Waals surface area contributed by atoms with Crippen LogP contribution in [-0.4, -0.2) is 56.2 Å². The van der Waals surface area contributed by atoms with E-state index < -0.39 is 22.7 Å². The Labute approximate surface area is 294 Å². The first kappa shape index (κ1) is 38.2. The van der Waals surface area contributed by atoms with Crippen LogP contribution in [0, 0.1) is 23.7 Å². The van der Waals surface area contributed by atoms with E-state index in [0.717, 1.165) is 31.2 Å². The van der Waals surface area contributed by atoms with Gasteiger partial charge in [0.05, 0.1) is 16.5 Å². The molecule has 2 heterocycles. The summed E-state index contributed by atoms with van der Waals surface area (Å²) in [5.74, 6) is 7.48. The number of nitrogens with zero attached hydrogens (tertiary/aromatic N) is 2. The topological polar surface area (TPSA) is 93.6 Å². The highest BCUT2D eigenvalue weighted by atomic mass is 35.5. The van der Waals surface area contributed by atoms with Crippen LogP contribution in [0.2, 0.25) is 39.1 Å². The molecule has 0 aliphatic heterocycles. The van der Waals surface area contributed by atoms with Crippen LogP contribution in [0.3, 0.4) is 0 Å². The molecule has 2 aliphatic rings. The minimum Gasteiger partial charge on any atom is -0.413 e. The molecule has 0 bridgehead atoms. The third kappa shape index (κ3) is 8.60. The predicted octanol–water partition coefficient (Wildman–Crippen LogP) is 9.64. The Kier molecular flexibility index (Phi) is 12.3. The minimum absolute atomic E-state index is 0.000613. The normalized spacial score (nSPS) is 21.3. The molecular formula is C36H56ClN3O4SSi2. The van der Waals surface area contributed by atoms with Gasteiger partial charge in [0.15, 0.2) is 8.32 Å². The number of rotatable bonds is 13. The molecule has 2 fully saturated rings. The predicted molar refractivity (Wildman–Crippen MR) is 199 cm³/mol. The Balaban J connectivity index is 1.57. The largest absolute Gasteiger partial charge is 0.413 e. The van der Waals surface area contributed by atoms with Crippen LogP contribution >= 0.6 is 22.9 Å². The van der Waals surface area contributed by atoms with Crippen LogP contribution in [-0.2, 0) is 8.85 Å². The molecule has 2 aromatic heterocycles. The third-order valence-corrected chi connectivity index (χ3v) is 22.6. The summed E-state index contributed by atoms with van der Waals surface area (Å²) >= 11 is 8.09. The fourth-order valence-electron chi connectivity index (χ4n) is 6.88. The third-order valence-electron chi connectivity index (χ3n) is 10.7. The van der Waals surface area contributed by atoms with E-state index in [1.54, 1.807) is 6.20 Å². The maximum Gasteiger partial charge on any atom is 0.208 e. The van der Waals surface area contributed by atoms with Gasteiger partial charge in [-0.15, -0.1) is 11.3 Å². The van der Waals surface area contributed by atoms with Crippen molar-refractivity contribution < 1.29 is 18.8 Å². The number of carbonyl (C=O) groups is 1. The number of nitrogens with one attached hydrogen (secondary N) is 1. The zero-order valence-electron chi connectivity index (χ0n) is 30.2. The number of aromatic nitrogens is 2. The molecule has 0 unspecified atom stereocenters. The molecule has 47 heavy (non-hydrogen) atoms. The summed E-state index contributed by atoms with van der Waals surface area (Å²) in [5, 5.41) is 13.9. The van der Waals surface area contributed by atoms with Crippen LogP contribution in [0.1, 0.15) is 115 Å². The molecule has 4 rings (SSSR count). The van der Waals surface area contributed by atoms with Gasteiger partial charge in [-0.25, -0.2) is 9.97 Å². The molecule has 260 valence electrons. The smallest absolute Gasteiger partial charge is 0.208 e. The number of carbonyl (C=O) groups excluding carboxylic acids is 1. The second-order valence-electron chi connectivity index (χ2n) is 16.0. The molecule has 2 saturated carbocycles. The second kappa shape index (κ2) is 15.1. The first-order valence-corrected chi connectivity index (χ1v) is 23.5. The van der Waals surface area contributed by atoms with E-state index in [9.17, 15) is 9.90 Å². The van der Waals surface area contributed by atoms with Gasteiger partial charge < -0.3 is 19.3 Å². The van der Waals surface area contributed by atoms with Crippen molar-refractivity contribution in [3.63, 3.8) is 0 Å². The van der Waals surface area contributed by atoms with E-state index in [1.165, 1.54) is 17.7 Å². The molecule has 0 amide bonds. The van der Waals surface area contributed by atoms with Crippen LogP contribution in [0.25, 0.3) is 0 Å². The van der Waals surface area contributed by atoms with Gasteiger partial charge in [0.1, 0.15) is 22.6 Å². The summed E-state index contributed by atoms with van der Waals surface area (Å²) in [6.07, 6.45) is 6.21. The Bertz CT molecular complexity index is 1440. The molecule has 0 radical (unpaired) electrons. The Morgan fingerprint density at radius 2 is 1.77 bits per heavy atom. The second-order valence-corrected chi connectivity index (χ2v) is 27.8. The van der Waals surface area contributed by atoms with Crippen molar-refractivity contribution in [1.29, 1.82) is 0 Å². The lowest BCUT2D eigenvalue weighted by Gasteiger charge is -2.45. The average molecular weight is 719 g/mol. The molecule has 11 heteroatoms. The SMILES string of the molecule is CC(C)[Si](O[C@H]1C[C@H](Nc2ncncc2C(=O)c2cc([C@H](C#CC3CC3)O[Si](C)(C)C(C)(C)C)c(Cl)s2)C[C@@H]1CO)(C(C)C)C(C)C. The lowest BCUT2D eigenvalue weighted by Crippen LogP contribution is -2.51. The van der Waals surface area contributed by atoms with Crippen molar-refractivity contribution in [3.8, 4) is 11.8 Å². The zero-order valence-corrected chi connectivity index (χ0v) is 33.8. The van der Waals surface area contributed by atoms with E-state index >= 15 is 0 Å². The summed E-state index contributed by atoms with van der Waals surface area (Å²) in [6, 6.07) is 1.85. The molecule has 2 aliphatic carbocycles. The van der Waals surface area contributed by atoms with E-state index in [2.05, 4.69) is 103 Å². The quantitative estimate of drug-likeness (QED) is 0.121. The fraction of sp³-hybridized carbons (Fsp3) is 0.694. The van der Waals surface area contributed by atoms with Crippen molar-refractivity contribution >= 4 is 51.2 Å². The highest BCUT2D eigenvalue weighted by molar-refractivity contribution is 7.18. The number of aliphatic hydroxyl groups is 1. The number of hydrogen-bond donors (Lipinski definition) is 2. The van der Waals surface area contributed by atoms with E-state index in [4.69, 9.17) is 20.5 Å². The molecule has 7 nitrogen and oxygen atoms in total. The van der Waals surface area contributed by atoms with Crippen LogP contribution in [0.4, 0.5) is 5.82 Å². The molecule has 0 spiro atoms. The number of hydrogen-bond acceptors (Lipinski definition) is 8. The first-order valence-electron chi connectivity index (χ1n) is 17.3. The van der Waals surface area contributed by atoms with Gasteiger partial charge in [0.25, 0.3) is 0 Å². The van der Waals surface area contributed by atoms with Gasteiger partial charge in [0.2, 0.25) is 14.1 Å². The Morgan fingerprint density at radius 3 is 2.32 bits per heavy atom. The van der Waals surface area contributed by atoms with Gasteiger partial charge in [-0.3, -0.25) is 4.79 Å². The highest BCUT2D eigenvalue weighted by Gasteiger charge is 2.49. The summed E-state index contributed by atoms with van der Waals surface area (Å²) in [5.41, 5.74) is 2.50. The van der Waals surface area contributed by atoms with Crippen LogP contribution in [0.5, 0.6) is 0 Å². The number of halogens is 1. The highest BCUT2D eigenvalue weighted by Crippen LogP contribution is 2.46. The standard InChI is InChI=1S/C36H56ClN3O4SSi2/c1-22(2)47(23(3)4,24(5)6)44-31-17-27(16-26(31)20-41)40-35-29(19-38-21-39-35)33(42)32-18-28(34(37)45-32)30(15-14-25-12-13-25)43-46(10,11)36(7,8)9/h18-19,21-27,30-31,41H,12-13,16-17,20H2,1-11H3,(H,38,39,40)/t26-,27-,30+,31+/m1/s1. The number of anilines is 1. The zero-order chi connectivity index (χ0) is 34.9. The molecule has 2 aromatic rings. The maximum absolute atomic E-state index is 14.1. The van der Waals surface area contributed by atoms with Gasteiger partial charge in [0, 0.05) is 36.2 Å². The lowest BCUT2D eigenvalue weighted by molar-refractivity contribution is 0.0941. The summed E-state index contributed by atoms with van der Waals surface area (Å²) in [7, 11) is -4.32. The van der Waals surface area contributed by atoms with E-state index in [0.29, 0.717) is 43.1 Å². The van der Waals surface area contributed by atoms with Crippen molar-refractivity contribution in [2.45, 2.75) is 141 Å². The van der Waals surface area contributed by atoms with Crippen molar-refractivity contribution in [2.24, 2.45) is 11.8 Å². The molecular weight excluding hydrogens is 662 g/mol. The number of ketones is 1. The Hall–Kier alpha value is -1.59. The molecule has 2 N–H and O–H groups in total. The molecule has 0 aromatic carbocycles. The average Bonchev–Trinajstić information content (AvgIpc) is 3.61. The van der Waals surface area contributed by atoms with Crippen molar-refractivity contribution in [2.75, 3.05) is 11.9 Å². The molecule has 0 saturated heterocycles. The van der Waals surface area contributed by atoms with Crippen LogP contribution < -0.4 is 5.32 Å². The summed E-state index contributed by atoms with van der Waals surface area (Å²) in [6.45, 7) is 24.8. The van der Waals surface area contributed by atoms with Gasteiger partial charge in [-0.1, -0.05) is 85.8 Å². The Morgan fingerprint density at radius 1 is 1.13 bits per heavy atom.